The number of nitrogens with one attached hydrogen (secondary N) is 1. The lowest BCUT2D eigenvalue weighted by atomic mass is 10.1. The number of fused-ring (bicyclic) bond motifs is 2. The number of aromatic nitrogens is 1. The predicted molar refractivity (Wildman–Crippen MR) is 127 cm³/mol. The van der Waals surface area contributed by atoms with Crippen molar-refractivity contribution in [1.29, 1.82) is 0 Å². The number of ether oxygens (including phenoxy) is 2. The number of hydrogen-bond acceptors (Lipinski definition) is 4. The van der Waals surface area contributed by atoms with Gasteiger partial charge < -0.3 is 19.4 Å². The fourth-order valence-corrected chi connectivity index (χ4v) is 4.05. The summed E-state index contributed by atoms with van der Waals surface area (Å²) >= 11 is 5.98. The van der Waals surface area contributed by atoms with Crippen LogP contribution in [0.3, 0.4) is 0 Å². The maximum absolute atomic E-state index is 13.0. The fourth-order valence-electron chi connectivity index (χ4n) is 3.92. The van der Waals surface area contributed by atoms with Crippen molar-refractivity contribution in [3.8, 4) is 11.5 Å². The molecule has 4 aromatic rings. The molecule has 1 N–H and O–H groups in total. The molecule has 0 spiro atoms. The van der Waals surface area contributed by atoms with Crippen LogP contribution in [0.15, 0.2) is 83.7 Å². The highest BCUT2D eigenvalue weighted by atomic mass is 35.5. The molecule has 0 bridgehead atoms. The first kappa shape index (κ1) is 21.1. The molecule has 5 rings (SSSR count). The summed E-state index contributed by atoms with van der Waals surface area (Å²) in [6, 6.07) is 23.6. The van der Waals surface area contributed by atoms with E-state index >= 15 is 0 Å². The predicted octanol–water partition coefficient (Wildman–Crippen LogP) is 4.27. The van der Waals surface area contributed by atoms with E-state index in [1.165, 1.54) is 6.07 Å². The third kappa shape index (κ3) is 4.43. The number of amides is 1. The second-order valence-electron chi connectivity index (χ2n) is 7.83. The molecular formula is C26H21ClN2O4. The molecule has 2 heterocycles. The van der Waals surface area contributed by atoms with Gasteiger partial charge in [0.15, 0.2) is 11.5 Å². The van der Waals surface area contributed by atoms with Gasteiger partial charge in [-0.05, 0) is 35.9 Å². The van der Waals surface area contributed by atoms with Gasteiger partial charge in [-0.3, -0.25) is 9.59 Å². The molecule has 0 radical (unpaired) electrons. The quantitative estimate of drug-likeness (QED) is 0.483. The summed E-state index contributed by atoms with van der Waals surface area (Å²) in [5, 5.41) is 4.23. The molecule has 1 aliphatic rings. The Kier molecular flexibility index (Phi) is 5.75. The summed E-state index contributed by atoms with van der Waals surface area (Å²) in [5.74, 6) is 1.01. The van der Waals surface area contributed by atoms with Crippen LogP contribution in [0.5, 0.6) is 11.5 Å². The van der Waals surface area contributed by atoms with E-state index in [0.29, 0.717) is 46.1 Å². The van der Waals surface area contributed by atoms with Crippen molar-refractivity contribution in [2.45, 2.75) is 12.6 Å². The van der Waals surface area contributed by atoms with E-state index in [1.807, 2.05) is 60.7 Å². The van der Waals surface area contributed by atoms with Gasteiger partial charge in [0.2, 0.25) is 0 Å². The van der Waals surface area contributed by atoms with E-state index in [0.717, 1.165) is 5.56 Å². The Labute approximate surface area is 195 Å². The molecular weight excluding hydrogens is 440 g/mol. The van der Waals surface area contributed by atoms with Crippen molar-refractivity contribution in [2.75, 3.05) is 13.2 Å². The Balaban J connectivity index is 1.38. The maximum atomic E-state index is 13.0. The fraction of sp³-hybridized carbons (Fsp3) is 0.154. The summed E-state index contributed by atoms with van der Waals surface area (Å²) in [6.45, 7) is 0.973. The van der Waals surface area contributed by atoms with Crippen LogP contribution in [0.25, 0.3) is 10.9 Å². The molecule has 3 aromatic carbocycles. The third-order valence-electron chi connectivity index (χ3n) is 5.58. The van der Waals surface area contributed by atoms with Crippen LogP contribution in [-0.4, -0.2) is 29.7 Å². The van der Waals surface area contributed by atoms with Crippen LogP contribution >= 0.6 is 11.6 Å². The van der Waals surface area contributed by atoms with Crippen LogP contribution in [0.2, 0.25) is 5.02 Å². The van der Waals surface area contributed by atoms with Gasteiger partial charge in [-0.1, -0.05) is 54.1 Å². The standard InChI is InChI=1S/C26H21ClN2O4/c27-18-11-9-17(10-12-18)15-29-22-6-2-1-5-20(22)21(13-25(29)30)26(31)28-14-19-16-32-23-7-3-4-8-24(23)33-19/h1-13,19H,14-16H2,(H,28,31)/t19-/m1/s1. The molecule has 6 nitrogen and oxygen atoms in total. The Bertz CT molecular complexity index is 1380. The minimum absolute atomic E-state index is 0.250. The highest BCUT2D eigenvalue weighted by Gasteiger charge is 2.22. The largest absolute Gasteiger partial charge is 0.486 e. The Hall–Kier alpha value is -3.77. The second kappa shape index (κ2) is 9.00. The molecule has 1 aliphatic heterocycles. The van der Waals surface area contributed by atoms with Crippen LogP contribution < -0.4 is 20.3 Å². The Morgan fingerprint density at radius 3 is 2.55 bits per heavy atom. The van der Waals surface area contributed by atoms with Crippen molar-refractivity contribution >= 4 is 28.4 Å². The van der Waals surface area contributed by atoms with Crippen molar-refractivity contribution in [3.63, 3.8) is 0 Å². The first-order chi connectivity index (χ1) is 16.1. The van der Waals surface area contributed by atoms with Gasteiger partial charge in [0.25, 0.3) is 11.5 Å². The first-order valence-electron chi connectivity index (χ1n) is 10.6. The van der Waals surface area contributed by atoms with Gasteiger partial charge in [0, 0.05) is 16.5 Å². The van der Waals surface area contributed by atoms with Gasteiger partial charge in [0.1, 0.15) is 12.7 Å². The molecule has 1 atom stereocenters. The van der Waals surface area contributed by atoms with Gasteiger partial charge in [-0.2, -0.15) is 0 Å². The number of rotatable bonds is 5. The lowest BCUT2D eigenvalue weighted by Gasteiger charge is -2.26. The summed E-state index contributed by atoms with van der Waals surface area (Å²) < 4.78 is 13.3. The lowest BCUT2D eigenvalue weighted by Crippen LogP contribution is -2.41. The number of pyridine rings is 1. The first-order valence-corrected chi connectivity index (χ1v) is 11.0. The zero-order valence-electron chi connectivity index (χ0n) is 17.7. The molecule has 166 valence electrons. The second-order valence-corrected chi connectivity index (χ2v) is 8.27. The average Bonchev–Trinajstić information content (AvgIpc) is 2.85. The molecule has 0 unspecified atom stereocenters. The molecule has 33 heavy (non-hydrogen) atoms. The molecule has 1 amide bonds. The summed E-state index contributed by atoms with van der Waals surface area (Å²) in [7, 11) is 0. The zero-order valence-corrected chi connectivity index (χ0v) is 18.4. The van der Waals surface area contributed by atoms with Crippen LogP contribution in [0.4, 0.5) is 0 Å². The number of halogens is 1. The summed E-state index contributed by atoms with van der Waals surface area (Å²) in [4.78, 5) is 26.0. The van der Waals surface area contributed by atoms with Crippen molar-refractivity contribution in [2.24, 2.45) is 0 Å². The Morgan fingerprint density at radius 1 is 1.00 bits per heavy atom. The third-order valence-corrected chi connectivity index (χ3v) is 5.83. The zero-order chi connectivity index (χ0) is 22.8. The summed E-state index contributed by atoms with van der Waals surface area (Å²) in [5.41, 5.74) is 1.72. The number of benzene rings is 3. The van der Waals surface area contributed by atoms with Crippen LogP contribution in [0.1, 0.15) is 15.9 Å². The highest BCUT2D eigenvalue weighted by Crippen LogP contribution is 2.30. The number of carbonyl (C=O) groups is 1. The van der Waals surface area contributed by atoms with Crippen molar-refractivity contribution in [1.82, 2.24) is 9.88 Å². The average molecular weight is 461 g/mol. The number of para-hydroxylation sites is 3. The van der Waals surface area contributed by atoms with Gasteiger partial charge in [-0.25, -0.2) is 0 Å². The molecule has 0 saturated carbocycles. The normalized spacial score (nSPS) is 14.8. The highest BCUT2D eigenvalue weighted by molar-refractivity contribution is 6.30. The lowest BCUT2D eigenvalue weighted by molar-refractivity contribution is 0.0790. The van der Waals surface area contributed by atoms with E-state index < -0.39 is 0 Å². The molecule has 7 heteroatoms. The smallest absolute Gasteiger partial charge is 0.252 e. The number of hydrogen-bond donors (Lipinski definition) is 1. The molecule has 0 saturated heterocycles. The van der Waals surface area contributed by atoms with Crippen LogP contribution in [-0.2, 0) is 6.54 Å². The molecule has 0 fully saturated rings. The van der Waals surface area contributed by atoms with Crippen molar-refractivity contribution < 1.29 is 14.3 Å². The van der Waals surface area contributed by atoms with Crippen LogP contribution in [0, 0.1) is 0 Å². The topological polar surface area (TPSA) is 69.6 Å². The van der Waals surface area contributed by atoms with Gasteiger partial charge in [-0.15, -0.1) is 0 Å². The minimum atomic E-state index is -0.329. The Morgan fingerprint density at radius 2 is 1.73 bits per heavy atom. The molecule has 0 aliphatic carbocycles. The number of nitrogens with zero attached hydrogens (tertiary/aromatic N) is 1. The summed E-state index contributed by atoms with van der Waals surface area (Å²) in [6.07, 6.45) is -0.319. The number of carbonyl (C=O) groups excluding carboxylic acids is 1. The van der Waals surface area contributed by atoms with E-state index in [1.54, 1.807) is 16.7 Å². The van der Waals surface area contributed by atoms with E-state index in [2.05, 4.69) is 5.32 Å². The van der Waals surface area contributed by atoms with E-state index in [9.17, 15) is 9.59 Å². The SMILES string of the molecule is O=C(NC[C@@H]1COc2ccccc2O1)c1cc(=O)n(Cc2ccc(Cl)cc2)c2ccccc12. The monoisotopic (exact) mass is 460 g/mol. The van der Waals surface area contributed by atoms with E-state index in [-0.39, 0.29) is 24.1 Å². The van der Waals surface area contributed by atoms with Gasteiger partial charge >= 0.3 is 0 Å². The maximum Gasteiger partial charge on any atom is 0.252 e. The molecule has 1 aromatic heterocycles. The van der Waals surface area contributed by atoms with E-state index in [4.69, 9.17) is 21.1 Å². The van der Waals surface area contributed by atoms with Crippen molar-refractivity contribution in [3.05, 3.63) is 105 Å². The van der Waals surface area contributed by atoms with Gasteiger partial charge in [0.05, 0.1) is 24.2 Å². The minimum Gasteiger partial charge on any atom is -0.486 e.